The smallest absolute Gasteiger partial charge is 0.343 e. The minimum atomic E-state index is -0.429. The molecule has 35 heavy (non-hydrogen) atoms. The summed E-state index contributed by atoms with van der Waals surface area (Å²) in [5, 5.41) is 0. The van der Waals surface area contributed by atoms with Crippen LogP contribution in [0, 0.1) is 0 Å². The first-order chi connectivity index (χ1) is 17.0. The lowest BCUT2D eigenvalue weighted by molar-refractivity contribution is -0.139. The summed E-state index contributed by atoms with van der Waals surface area (Å²) in [6.07, 6.45) is 3.10. The Balaban J connectivity index is 1.21. The molecule has 0 amide bonds. The zero-order valence-electron chi connectivity index (χ0n) is 19.7. The van der Waals surface area contributed by atoms with Gasteiger partial charge >= 0.3 is 11.9 Å². The van der Waals surface area contributed by atoms with Gasteiger partial charge in [-0.05, 0) is 78.9 Å². The Bertz CT molecular complexity index is 1150. The third-order valence-electron chi connectivity index (χ3n) is 5.80. The van der Waals surface area contributed by atoms with Gasteiger partial charge in [-0.1, -0.05) is 30.8 Å². The summed E-state index contributed by atoms with van der Waals surface area (Å²) in [7, 11) is 1.64. The lowest BCUT2D eigenvalue weighted by Crippen LogP contribution is -2.08. The summed E-state index contributed by atoms with van der Waals surface area (Å²) >= 11 is 0. The number of benzene rings is 3. The zero-order chi connectivity index (χ0) is 24.6. The second kappa shape index (κ2) is 11.4. The number of carbonyl (C=O) groups is 2. The van der Waals surface area contributed by atoms with E-state index in [4.69, 9.17) is 18.9 Å². The monoisotopic (exact) mass is 472 g/mol. The molecule has 1 heterocycles. The molecular weight excluding hydrogens is 444 g/mol. The zero-order valence-corrected chi connectivity index (χ0v) is 19.7. The van der Waals surface area contributed by atoms with Crippen molar-refractivity contribution in [2.75, 3.05) is 13.7 Å². The molecule has 0 N–H and O–H groups in total. The van der Waals surface area contributed by atoms with Crippen molar-refractivity contribution in [3.8, 4) is 28.4 Å². The van der Waals surface area contributed by atoms with Crippen molar-refractivity contribution < 1.29 is 28.5 Å². The van der Waals surface area contributed by atoms with E-state index in [-0.39, 0.29) is 12.1 Å². The number of unbranched alkanes of at least 4 members (excludes halogenated alkanes) is 1. The molecule has 6 nitrogen and oxygen atoms in total. The first-order valence-electron chi connectivity index (χ1n) is 11.6. The van der Waals surface area contributed by atoms with E-state index in [1.165, 1.54) is 0 Å². The van der Waals surface area contributed by atoms with Crippen LogP contribution in [0.4, 0.5) is 0 Å². The number of rotatable bonds is 10. The highest BCUT2D eigenvalue weighted by atomic mass is 16.6. The molecule has 3 aromatic carbocycles. The summed E-state index contributed by atoms with van der Waals surface area (Å²) in [4.78, 5) is 23.8. The van der Waals surface area contributed by atoms with Crippen molar-refractivity contribution in [2.45, 2.75) is 31.8 Å². The quantitative estimate of drug-likeness (QED) is 0.156. The third-order valence-corrected chi connectivity index (χ3v) is 5.80. The SMILES string of the molecule is C=C1CC(CCCCOc2ccc(C(=O)Oc3ccc(-c4ccc(OC)cc4)cc3)cc2)OC1=O. The van der Waals surface area contributed by atoms with E-state index in [9.17, 15) is 9.59 Å². The first kappa shape index (κ1) is 24.1. The standard InChI is InChI=1S/C29H28O6/c1-20-19-27(35-28(20)30)5-3-4-18-33-25-14-10-23(11-15-25)29(31)34-26-16-8-22(9-17-26)21-6-12-24(32-2)13-7-21/h6-17,27H,1,3-5,18-19H2,2H3. The molecule has 1 fully saturated rings. The van der Waals surface area contributed by atoms with E-state index in [0.717, 1.165) is 36.1 Å². The molecule has 4 rings (SSSR count). The van der Waals surface area contributed by atoms with Crippen molar-refractivity contribution in [2.24, 2.45) is 0 Å². The van der Waals surface area contributed by atoms with Crippen molar-refractivity contribution in [3.05, 3.63) is 90.5 Å². The number of cyclic esters (lactones) is 1. The molecule has 1 atom stereocenters. The highest BCUT2D eigenvalue weighted by Gasteiger charge is 2.26. The van der Waals surface area contributed by atoms with E-state index in [1.54, 1.807) is 43.5 Å². The molecule has 1 aliphatic heterocycles. The number of methoxy groups -OCH3 is 1. The summed E-state index contributed by atoms with van der Waals surface area (Å²) in [5.41, 5.74) is 3.06. The van der Waals surface area contributed by atoms with Crippen molar-refractivity contribution in [1.29, 1.82) is 0 Å². The van der Waals surface area contributed by atoms with Gasteiger partial charge in [0, 0.05) is 12.0 Å². The van der Waals surface area contributed by atoms with Crippen LogP contribution in [0.15, 0.2) is 84.9 Å². The van der Waals surface area contributed by atoms with E-state index in [2.05, 4.69) is 6.58 Å². The fourth-order valence-electron chi connectivity index (χ4n) is 3.81. The van der Waals surface area contributed by atoms with Gasteiger partial charge in [0.05, 0.1) is 19.3 Å². The molecular formula is C29H28O6. The second-order valence-corrected chi connectivity index (χ2v) is 8.35. The van der Waals surface area contributed by atoms with E-state index < -0.39 is 5.97 Å². The Hall–Kier alpha value is -4.06. The van der Waals surface area contributed by atoms with Crippen LogP contribution < -0.4 is 14.2 Å². The molecule has 1 saturated heterocycles. The molecule has 0 radical (unpaired) electrons. The minimum Gasteiger partial charge on any atom is -0.497 e. The predicted octanol–water partition coefficient (Wildman–Crippen LogP) is 6.00. The molecule has 0 aromatic heterocycles. The maximum atomic E-state index is 12.5. The van der Waals surface area contributed by atoms with Crippen LogP contribution in [0.3, 0.4) is 0 Å². The van der Waals surface area contributed by atoms with Crippen molar-refractivity contribution in [1.82, 2.24) is 0 Å². The largest absolute Gasteiger partial charge is 0.497 e. The lowest BCUT2D eigenvalue weighted by atomic mass is 10.1. The van der Waals surface area contributed by atoms with E-state index >= 15 is 0 Å². The number of ether oxygens (including phenoxy) is 4. The summed E-state index contributed by atoms with van der Waals surface area (Å²) in [6.45, 7) is 4.24. The fourth-order valence-corrected chi connectivity index (χ4v) is 3.81. The van der Waals surface area contributed by atoms with Gasteiger partial charge in [0.15, 0.2) is 0 Å². The van der Waals surface area contributed by atoms with Gasteiger partial charge in [0.25, 0.3) is 0 Å². The Kier molecular flexibility index (Phi) is 7.83. The maximum absolute atomic E-state index is 12.5. The van der Waals surface area contributed by atoms with Gasteiger partial charge in [-0.2, -0.15) is 0 Å². The topological polar surface area (TPSA) is 71.1 Å². The van der Waals surface area contributed by atoms with Crippen LogP contribution in [-0.2, 0) is 9.53 Å². The van der Waals surface area contributed by atoms with Gasteiger partial charge in [0.2, 0.25) is 0 Å². The normalized spacial score (nSPS) is 14.9. The highest BCUT2D eigenvalue weighted by Crippen LogP contribution is 2.25. The molecule has 0 aliphatic carbocycles. The van der Waals surface area contributed by atoms with Crippen molar-refractivity contribution in [3.63, 3.8) is 0 Å². The van der Waals surface area contributed by atoms with Gasteiger partial charge in [0.1, 0.15) is 23.4 Å². The Morgan fingerprint density at radius 1 is 0.886 bits per heavy atom. The van der Waals surface area contributed by atoms with Gasteiger partial charge in [-0.25, -0.2) is 9.59 Å². The van der Waals surface area contributed by atoms with Crippen LogP contribution in [-0.4, -0.2) is 31.8 Å². The Morgan fingerprint density at radius 2 is 1.49 bits per heavy atom. The molecule has 3 aromatic rings. The summed E-state index contributed by atoms with van der Waals surface area (Å²) in [6, 6.07) is 22.0. The van der Waals surface area contributed by atoms with E-state index in [0.29, 0.717) is 35.7 Å². The van der Waals surface area contributed by atoms with E-state index in [1.807, 2.05) is 36.4 Å². The average Bonchev–Trinajstić information content (AvgIpc) is 3.21. The van der Waals surface area contributed by atoms with Crippen LogP contribution in [0.2, 0.25) is 0 Å². The molecule has 0 spiro atoms. The predicted molar refractivity (Wildman–Crippen MR) is 133 cm³/mol. The fraction of sp³-hybridized carbons (Fsp3) is 0.241. The Morgan fingerprint density at radius 3 is 2.06 bits per heavy atom. The third kappa shape index (κ3) is 6.51. The molecule has 0 saturated carbocycles. The van der Waals surface area contributed by atoms with Crippen LogP contribution in [0.1, 0.15) is 36.0 Å². The Labute approximate surface area is 205 Å². The molecule has 1 aliphatic rings. The maximum Gasteiger partial charge on any atom is 0.343 e. The average molecular weight is 473 g/mol. The van der Waals surface area contributed by atoms with Gasteiger partial charge in [-0.3, -0.25) is 0 Å². The van der Waals surface area contributed by atoms with Gasteiger partial charge in [-0.15, -0.1) is 0 Å². The molecule has 6 heteroatoms. The van der Waals surface area contributed by atoms with Gasteiger partial charge < -0.3 is 18.9 Å². The molecule has 0 bridgehead atoms. The van der Waals surface area contributed by atoms with Crippen LogP contribution in [0.25, 0.3) is 11.1 Å². The molecule has 1 unspecified atom stereocenters. The molecule has 180 valence electrons. The summed E-state index contributed by atoms with van der Waals surface area (Å²) in [5.74, 6) is 1.25. The number of esters is 2. The number of hydrogen-bond acceptors (Lipinski definition) is 6. The second-order valence-electron chi connectivity index (χ2n) is 8.35. The highest BCUT2D eigenvalue weighted by molar-refractivity contribution is 5.91. The summed E-state index contributed by atoms with van der Waals surface area (Å²) < 4.78 is 21.7. The van der Waals surface area contributed by atoms with Crippen LogP contribution in [0.5, 0.6) is 17.2 Å². The van der Waals surface area contributed by atoms with Crippen LogP contribution >= 0.6 is 0 Å². The number of carbonyl (C=O) groups excluding carboxylic acids is 2. The number of hydrogen-bond donors (Lipinski definition) is 0. The lowest BCUT2D eigenvalue weighted by Gasteiger charge is -2.10. The van der Waals surface area contributed by atoms with Crippen molar-refractivity contribution >= 4 is 11.9 Å². The first-order valence-corrected chi connectivity index (χ1v) is 11.6. The minimum absolute atomic E-state index is 0.0565.